The van der Waals surface area contributed by atoms with Crippen molar-refractivity contribution in [1.82, 2.24) is 4.57 Å². The molecule has 0 aliphatic rings. The molecule has 0 aliphatic carbocycles. The lowest BCUT2D eigenvalue weighted by molar-refractivity contribution is 0.415. The summed E-state index contributed by atoms with van der Waals surface area (Å²) in [5, 5.41) is 8.32. The minimum atomic E-state index is 0.854. The van der Waals surface area contributed by atoms with Gasteiger partial charge in [0.15, 0.2) is 0 Å². The zero-order valence-corrected chi connectivity index (χ0v) is 11.2. The molecule has 2 aromatic rings. The van der Waals surface area contributed by atoms with Gasteiger partial charge in [-0.2, -0.15) is 5.10 Å². The molecule has 0 atom stereocenters. The second kappa shape index (κ2) is 4.71. The second-order valence-electron chi connectivity index (χ2n) is 3.92. The Labute approximate surface area is 104 Å². The van der Waals surface area contributed by atoms with Crippen LogP contribution in [0.1, 0.15) is 13.8 Å². The molecule has 4 nitrogen and oxygen atoms in total. The minimum absolute atomic E-state index is 0.854. The van der Waals surface area contributed by atoms with E-state index in [0.29, 0.717) is 0 Å². The van der Waals surface area contributed by atoms with Gasteiger partial charge in [0.2, 0.25) is 4.80 Å². The smallest absolute Gasteiger partial charge is 0.211 e. The van der Waals surface area contributed by atoms with E-state index in [1.807, 2.05) is 43.7 Å². The molecule has 0 saturated carbocycles. The van der Waals surface area contributed by atoms with Gasteiger partial charge in [0.1, 0.15) is 5.75 Å². The highest BCUT2D eigenvalue weighted by Gasteiger charge is 2.03. The fourth-order valence-electron chi connectivity index (χ4n) is 1.47. The summed E-state index contributed by atoms with van der Waals surface area (Å²) in [7, 11) is 3.65. The number of methoxy groups -OCH3 is 1. The summed E-state index contributed by atoms with van der Waals surface area (Å²) in [4.78, 5) is 0.884. The van der Waals surface area contributed by atoms with Gasteiger partial charge in [0.05, 0.1) is 17.3 Å². The number of ether oxygens (including phenoxy) is 1. The number of nitrogens with zero attached hydrogens (tertiary/aromatic N) is 3. The molecule has 0 unspecified atom stereocenters. The summed E-state index contributed by atoms with van der Waals surface area (Å²) >= 11 is 1.62. The topological polar surface area (TPSA) is 38.9 Å². The molecule has 0 bridgehead atoms. The van der Waals surface area contributed by atoms with E-state index in [2.05, 4.69) is 10.2 Å². The quantitative estimate of drug-likeness (QED) is 0.595. The highest BCUT2D eigenvalue weighted by molar-refractivity contribution is 7.16. The first-order valence-corrected chi connectivity index (χ1v) is 6.12. The number of rotatable bonds is 2. The fraction of sp³-hybridized carbons (Fsp3) is 0.333. The molecule has 0 fully saturated rings. The van der Waals surface area contributed by atoms with Gasteiger partial charge in [-0.15, -0.1) is 5.10 Å². The Morgan fingerprint density at radius 3 is 2.76 bits per heavy atom. The van der Waals surface area contributed by atoms with Crippen LogP contribution in [0.4, 0.5) is 0 Å². The van der Waals surface area contributed by atoms with Gasteiger partial charge >= 0.3 is 0 Å². The molecule has 1 heterocycles. The minimum Gasteiger partial charge on any atom is -0.497 e. The van der Waals surface area contributed by atoms with Gasteiger partial charge in [-0.25, -0.2) is 0 Å². The third-order valence-electron chi connectivity index (χ3n) is 2.35. The lowest BCUT2D eigenvalue weighted by Gasteiger charge is -1.99. The Bertz CT molecular complexity index is 633. The Balaban J connectivity index is 2.65. The average molecular weight is 249 g/mol. The lowest BCUT2D eigenvalue weighted by atomic mass is 10.3. The Kier molecular flexibility index (Phi) is 3.28. The van der Waals surface area contributed by atoms with Gasteiger partial charge < -0.3 is 9.30 Å². The van der Waals surface area contributed by atoms with E-state index in [0.717, 1.165) is 21.8 Å². The van der Waals surface area contributed by atoms with Crippen molar-refractivity contribution in [2.24, 2.45) is 17.3 Å². The Morgan fingerprint density at radius 1 is 1.35 bits per heavy atom. The third kappa shape index (κ3) is 2.39. The van der Waals surface area contributed by atoms with Crippen molar-refractivity contribution in [3.8, 4) is 5.75 Å². The molecule has 90 valence electrons. The number of thiazole rings is 1. The summed E-state index contributed by atoms with van der Waals surface area (Å²) in [5.74, 6) is 0.854. The average Bonchev–Trinajstić information content (AvgIpc) is 2.63. The van der Waals surface area contributed by atoms with Gasteiger partial charge in [0.25, 0.3) is 0 Å². The van der Waals surface area contributed by atoms with Crippen LogP contribution in [0.15, 0.2) is 28.4 Å². The van der Waals surface area contributed by atoms with Crippen molar-refractivity contribution in [2.45, 2.75) is 13.8 Å². The molecule has 0 saturated heterocycles. The van der Waals surface area contributed by atoms with E-state index in [4.69, 9.17) is 4.74 Å². The van der Waals surface area contributed by atoms with Crippen LogP contribution >= 0.6 is 11.3 Å². The summed E-state index contributed by atoms with van der Waals surface area (Å²) in [6.45, 7) is 3.86. The first-order chi connectivity index (χ1) is 8.11. The monoisotopic (exact) mass is 249 g/mol. The van der Waals surface area contributed by atoms with Crippen molar-refractivity contribution in [3.63, 3.8) is 0 Å². The number of fused-ring (bicyclic) bond motifs is 1. The number of aryl methyl sites for hydroxylation is 1. The molecule has 0 radical (unpaired) electrons. The predicted octanol–water partition coefficient (Wildman–Crippen LogP) is 2.54. The van der Waals surface area contributed by atoms with E-state index in [1.54, 1.807) is 18.4 Å². The maximum Gasteiger partial charge on any atom is 0.211 e. The van der Waals surface area contributed by atoms with Crippen LogP contribution in [0, 0.1) is 0 Å². The van der Waals surface area contributed by atoms with Crippen molar-refractivity contribution in [3.05, 3.63) is 23.0 Å². The summed E-state index contributed by atoms with van der Waals surface area (Å²) in [6, 6.07) is 6.00. The lowest BCUT2D eigenvalue weighted by Crippen LogP contribution is -2.09. The first kappa shape index (κ1) is 11.9. The normalized spacial score (nSPS) is 11.9. The van der Waals surface area contributed by atoms with Gasteiger partial charge in [0, 0.05) is 18.8 Å². The van der Waals surface area contributed by atoms with Crippen LogP contribution in [0.3, 0.4) is 0 Å². The maximum absolute atomic E-state index is 5.22. The molecule has 0 aliphatic heterocycles. The summed E-state index contributed by atoms with van der Waals surface area (Å²) in [5.41, 5.74) is 2.05. The van der Waals surface area contributed by atoms with Crippen LogP contribution in [-0.2, 0) is 7.05 Å². The van der Waals surface area contributed by atoms with E-state index >= 15 is 0 Å². The molecule has 0 amide bonds. The number of benzene rings is 1. The van der Waals surface area contributed by atoms with Crippen molar-refractivity contribution >= 4 is 27.3 Å². The highest BCUT2D eigenvalue weighted by Crippen LogP contribution is 2.22. The third-order valence-corrected chi connectivity index (χ3v) is 3.45. The maximum atomic E-state index is 5.22. The van der Waals surface area contributed by atoms with Crippen LogP contribution in [-0.4, -0.2) is 17.4 Å². The van der Waals surface area contributed by atoms with E-state index in [1.165, 1.54) is 4.70 Å². The standard InChI is InChI=1S/C12H15N3OS/c1-8(2)13-14-12-15(3)10-7-9(16-4)5-6-11(10)17-12/h5-7H,1-4H3/b14-12-. The van der Waals surface area contributed by atoms with Gasteiger partial charge in [-0.1, -0.05) is 11.3 Å². The van der Waals surface area contributed by atoms with E-state index in [-0.39, 0.29) is 0 Å². The van der Waals surface area contributed by atoms with Gasteiger partial charge in [-0.3, -0.25) is 0 Å². The molecule has 1 aromatic heterocycles. The van der Waals surface area contributed by atoms with Crippen molar-refractivity contribution < 1.29 is 4.74 Å². The Morgan fingerprint density at radius 2 is 2.12 bits per heavy atom. The molecule has 0 spiro atoms. The van der Waals surface area contributed by atoms with Crippen LogP contribution in [0.5, 0.6) is 5.75 Å². The molecular weight excluding hydrogens is 234 g/mol. The first-order valence-electron chi connectivity index (χ1n) is 5.30. The summed E-state index contributed by atoms with van der Waals surface area (Å²) < 4.78 is 8.42. The molecule has 0 N–H and O–H groups in total. The van der Waals surface area contributed by atoms with E-state index < -0.39 is 0 Å². The molecule has 1 aromatic carbocycles. The summed E-state index contributed by atoms with van der Waals surface area (Å²) in [6.07, 6.45) is 0. The van der Waals surface area contributed by atoms with Crippen molar-refractivity contribution in [2.75, 3.05) is 7.11 Å². The Hall–Kier alpha value is -1.62. The van der Waals surface area contributed by atoms with Crippen LogP contribution < -0.4 is 9.54 Å². The predicted molar refractivity (Wildman–Crippen MR) is 71.7 cm³/mol. The largest absolute Gasteiger partial charge is 0.497 e. The number of aromatic nitrogens is 1. The van der Waals surface area contributed by atoms with Crippen LogP contribution in [0.2, 0.25) is 0 Å². The number of hydrogen-bond acceptors (Lipinski definition) is 4. The fourth-order valence-corrected chi connectivity index (χ4v) is 2.42. The molecule has 5 heteroatoms. The molecular formula is C12H15N3OS. The zero-order valence-electron chi connectivity index (χ0n) is 10.4. The SMILES string of the molecule is COc1ccc2s/c(=N\N=C(C)C)n(C)c2c1. The zero-order chi connectivity index (χ0) is 12.4. The van der Waals surface area contributed by atoms with Gasteiger partial charge in [-0.05, 0) is 26.0 Å². The highest BCUT2D eigenvalue weighted by atomic mass is 32.1. The number of hydrogen-bond donors (Lipinski definition) is 0. The molecule has 2 rings (SSSR count). The van der Waals surface area contributed by atoms with Crippen molar-refractivity contribution in [1.29, 1.82) is 0 Å². The molecule has 17 heavy (non-hydrogen) atoms. The van der Waals surface area contributed by atoms with E-state index in [9.17, 15) is 0 Å². The second-order valence-corrected chi connectivity index (χ2v) is 4.93. The van der Waals surface area contributed by atoms with Crippen LogP contribution in [0.25, 0.3) is 10.2 Å².